The minimum atomic E-state index is -0.0648. The van der Waals surface area contributed by atoms with Crippen LogP contribution in [-0.4, -0.2) is 38.5 Å². The molecule has 1 saturated heterocycles. The maximum atomic E-state index is 13.0. The SMILES string of the molecule is CCc1ccc(NC(=O)C2CCCN(c3ncnc4c3nc3n4CCCCC3)C2)cc1. The van der Waals surface area contributed by atoms with Gasteiger partial charge in [-0.25, -0.2) is 15.0 Å². The summed E-state index contributed by atoms with van der Waals surface area (Å²) < 4.78 is 2.27. The van der Waals surface area contributed by atoms with Crippen LogP contribution in [0.15, 0.2) is 30.6 Å². The van der Waals surface area contributed by atoms with Crippen molar-refractivity contribution in [3.63, 3.8) is 0 Å². The fraction of sp³-hybridized carbons (Fsp3) is 0.500. The zero-order valence-electron chi connectivity index (χ0n) is 18.2. The lowest BCUT2D eigenvalue weighted by atomic mass is 9.97. The number of aromatic nitrogens is 4. The lowest BCUT2D eigenvalue weighted by Crippen LogP contribution is -2.41. The highest BCUT2D eigenvalue weighted by Gasteiger charge is 2.29. The maximum absolute atomic E-state index is 13.0. The Labute approximate surface area is 182 Å². The minimum Gasteiger partial charge on any atom is -0.354 e. The number of nitrogens with zero attached hydrogens (tertiary/aromatic N) is 5. The van der Waals surface area contributed by atoms with Crippen LogP contribution >= 0.6 is 0 Å². The predicted octanol–water partition coefficient (Wildman–Crippen LogP) is 3.97. The van der Waals surface area contributed by atoms with Crippen molar-refractivity contribution >= 4 is 28.6 Å². The number of carbonyl (C=O) groups excluding carboxylic acids is 1. The molecule has 1 atom stereocenters. The molecule has 162 valence electrons. The molecule has 2 aromatic heterocycles. The van der Waals surface area contributed by atoms with Gasteiger partial charge in [0.25, 0.3) is 0 Å². The summed E-state index contributed by atoms with van der Waals surface area (Å²) in [6.45, 7) is 4.66. The van der Waals surface area contributed by atoms with Gasteiger partial charge in [0.2, 0.25) is 5.91 Å². The molecule has 1 fully saturated rings. The Hall–Kier alpha value is -2.96. The van der Waals surface area contributed by atoms with Crippen LogP contribution in [-0.2, 0) is 24.2 Å². The van der Waals surface area contributed by atoms with Gasteiger partial charge in [-0.3, -0.25) is 4.79 Å². The number of amides is 1. The van der Waals surface area contributed by atoms with Crippen LogP contribution in [0.2, 0.25) is 0 Å². The van der Waals surface area contributed by atoms with E-state index in [1.165, 1.54) is 24.8 Å². The molecule has 5 rings (SSSR count). The molecular formula is C24H30N6O. The van der Waals surface area contributed by atoms with Crippen LogP contribution in [0.3, 0.4) is 0 Å². The summed E-state index contributed by atoms with van der Waals surface area (Å²) in [7, 11) is 0. The van der Waals surface area contributed by atoms with Crippen molar-refractivity contribution in [3.8, 4) is 0 Å². The average molecular weight is 419 g/mol. The van der Waals surface area contributed by atoms with Gasteiger partial charge in [0.15, 0.2) is 17.0 Å². The van der Waals surface area contributed by atoms with Crippen molar-refractivity contribution in [2.75, 3.05) is 23.3 Å². The molecule has 3 aromatic rings. The number of carbonyl (C=O) groups is 1. The predicted molar refractivity (Wildman–Crippen MR) is 122 cm³/mol. The summed E-state index contributed by atoms with van der Waals surface area (Å²) in [5.41, 5.74) is 3.95. The number of piperidine rings is 1. The van der Waals surface area contributed by atoms with Crippen molar-refractivity contribution in [1.82, 2.24) is 19.5 Å². The fourth-order valence-electron chi connectivity index (χ4n) is 4.81. The minimum absolute atomic E-state index is 0.0648. The number of aryl methyl sites for hydroxylation is 3. The molecule has 0 saturated carbocycles. The molecular weight excluding hydrogens is 388 g/mol. The molecule has 7 heteroatoms. The number of anilines is 2. The van der Waals surface area contributed by atoms with Crippen LogP contribution in [0.4, 0.5) is 11.5 Å². The standard InChI is InChI=1S/C24H30N6O/c1-2-17-9-11-19(12-10-17)27-24(31)18-7-6-13-29(15-18)22-21-23(26-16-25-22)30-14-5-3-4-8-20(30)28-21/h9-12,16,18H,2-8,13-15H2,1H3,(H,27,31). The summed E-state index contributed by atoms with van der Waals surface area (Å²) in [5.74, 6) is 2.01. The van der Waals surface area contributed by atoms with Crippen molar-refractivity contribution in [2.45, 2.75) is 58.4 Å². The van der Waals surface area contributed by atoms with Gasteiger partial charge in [0.05, 0.1) is 5.92 Å². The van der Waals surface area contributed by atoms with E-state index >= 15 is 0 Å². The van der Waals surface area contributed by atoms with Gasteiger partial charge < -0.3 is 14.8 Å². The molecule has 2 aliphatic rings. The lowest BCUT2D eigenvalue weighted by Gasteiger charge is -2.32. The first kappa shape index (κ1) is 20.0. The van der Waals surface area contributed by atoms with Gasteiger partial charge in [-0.15, -0.1) is 0 Å². The molecule has 2 aliphatic heterocycles. The smallest absolute Gasteiger partial charge is 0.229 e. The van der Waals surface area contributed by atoms with E-state index in [-0.39, 0.29) is 11.8 Å². The van der Waals surface area contributed by atoms with Crippen LogP contribution in [0, 0.1) is 5.92 Å². The summed E-state index contributed by atoms with van der Waals surface area (Å²) >= 11 is 0. The zero-order chi connectivity index (χ0) is 21.2. The molecule has 31 heavy (non-hydrogen) atoms. The Balaban J connectivity index is 1.35. The van der Waals surface area contributed by atoms with E-state index in [0.29, 0.717) is 6.54 Å². The molecule has 1 amide bonds. The summed E-state index contributed by atoms with van der Waals surface area (Å²) in [6, 6.07) is 8.12. The van der Waals surface area contributed by atoms with Crippen molar-refractivity contribution in [2.24, 2.45) is 5.92 Å². The Kier molecular flexibility index (Phi) is 5.57. The molecule has 7 nitrogen and oxygen atoms in total. The Morgan fingerprint density at radius 3 is 2.81 bits per heavy atom. The van der Waals surface area contributed by atoms with Gasteiger partial charge in [0, 0.05) is 31.7 Å². The summed E-state index contributed by atoms with van der Waals surface area (Å²) in [6.07, 6.45) is 9.09. The maximum Gasteiger partial charge on any atom is 0.229 e. The average Bonchev–Trinajstić information content (AvgIpc) is 3.00. The van der Waals surface area contributed by atoms with Crippen molar-refractivity contribution in [1.29, 1.82) is 0 Å². The number of benzene rings is 1. The van der Waals surface area contributed by atoms with Gasteiger partial charge in [0.1, 0.15) is 12.2 Å². The number of hydrogen-bond donors (Lipinski definition) is 1. The number of rotatable bonds is 4. The van der Waals surface area contributed by atoms with E-state index < -0.39 is 0 Å². The Morgan fingerprint density at radius 1 is 1.10 bits per heavy atom. The number of fused-ring (bicyclic) bond motifs is 3. The molecule has 1 unspecified atom stereocenters. The highest BCUT2D eigenvalue weighted by atomic mass is 16.1. The third-order valence-corrected chi connectivity index (χ3v) is 6.60. The van der Waals surface area contributed by atoms with Gasteiger partial charge in [-0.05, 0) is 49.8 Å². The Morgan fingerprint density at radius 2 is 1.97 bits per heavy atom. The molecule has 1 N–H and O–H groups in total. The van der Waals surface area contributed by atoms with E-state index in [9.17, 15) is 4.79 Å². The third-order valence-electron chi connectivity index (χ3n) is 6.60. The van der Waals surface area contributed by atoms with E-state index in [2.05, 4.69) is 43.8 Å². The second kappa shape index (κ2) is 8.65. The molecule has 0 radical (unpaired) electrons. The zero-order valence-corrected chi connectivity index (χ0v) is 18.2. The topological polar surface area (TPSA) is 75.9 Å². The van der Waals surface area contributed by atoms with Crippen molar-refractivity contribution in [3.05, 3.63) is 42.0 Å². The first-order valence-corrected chi connectivity index (χ1v) is 11.6. The lowest BCUT2D eigenvalue weighted by molar-refractivity contribution is -0.120. The first-order chi connectivity index (χ1) is 15.2. The van der Waals surface area contributed by atoms with Crippen LogP contribution in [0.1, 0.15) is 50.4 Å². The first-order valence-electron chi connectivity index (χ1n) is 11.6. The normalized spacial score (nSPS) is 19.1. The molecule has 4 heterocycles. The summed E-state index contributed by atoms with van der Waals surface area (Å²) in [4.78, 5) is 29.3. The highest BCUT2D eigenvalue weighted by molar-refractivity contribution is 5.93. The monoisotopic (exact) mass is 418 g/mol. The molecule has 1 aromatic carbocycles. The van der Waals surface area contributed by atoms with E-state index in [1.54, 1.807) is 6.33 Å². The van der Waals surface area contributed by atoms with E-state index in [0.717, 1.165) is 67.3 Å². The second-order valence-corrected chi connectivity index (χ2v) is 8.68. The van der Waals surface area contributed by atoms with E-state index in [4.69, 9.17) is 4.98 Å². The molecule has 0 bridgehead atoms. The highest BCUT2D eigenvalue weighted by Crippen LogP contribution is 2.29. The molecule has 0 aliphatic carbocycles. The van der Waals surface area contributed by atoms with Gasteiger partial charge >= 0.3 is 0 Å². The number of nitrogens with one attached hydrogen (secondary N) is 1. The number of imidazole rings is 1. The fourth-order valence-corrected chi connectivity index (χ4v) is 4.81. The van der Waals surface area contributed by atoms with Gasteiger partial charge in [-0.2, -0.15) is 0 Å². The third kappa shape index (κ3) is 4.01. The second-order valence-electron chi connectivity index (χ2n) is 8.68. The largest absolute Gasteiger partial charge is 0.354 e. The molecule has 0 spiro atoms. The quantitative estimate of drug-likeness (QED) is 0.694. The Bertz CT molecular complexity index is 1070. The van der Waals surface area contributed by atoms with Crippen LogP contribution < -0.4 is 10.2 Å². The van der Waals surface area contributed by atoms with Crippen LogP contribution in [0.5, 0.6) is 0 Å². The van der Waals surface area contributed by atoms with Crippen molar-refractivity contribution < 1.29 is 4.79 Å². The number of hydrogen-bond acceptors (Lipinski definition) is 5. The van der Waals surface area contributed by atoms with Crippen LogP contribution in [0.25, 0.3) is 11.2 Å². The van der Waals surface area contributed by atoms with Gasteiger partial charge in [-0.1, -0.05) is 25.5 Å². The summed E-state index contributed by atoms with van der Waals surface area (Å²) in [5, 5.41) is 3.10. The van der Waals surface area contributed by atoms with E-state index in [1.807, 2.05) is 12.1 Å².